The van der Waals surface area contributed by atoms with Gasteiger partial charge in [0, 0.05) is 25.4 Å². The van der Waals surface area contributed by atoms with Gasteiger partial charge in [0.15, 0.2) is 0 Å². The second kappa shape index (κ2) is 5.15. The molecule has 2 amide bonds. The minimum atomic E-state index is -1.07. The summed E-state index contributed by atoms with van der Waals surface area (Å²) in [5.41, 5.74) is 0.848. The Morgan fingerprint density at radius 1 is 1.62 bits per heavy atom. The van der Waals surface area contributed by atoms with Crippen LogP contribution in [0.5, 0.6) is 0 Å². The van der Waals surface area contributed by atoms with E-state index in [1.54, 1.807) is 24.1 Å². The number of urea groups is 1. The number of carbonyl (C=O) groups is 2. The van der Waals surface area contributed by atoms with Crippen molar-refractivity contribution in [1.82, 2.24) is 20.4 Å². The van der Waals surface area contributed by atoms with Crippen LogP contribution in [0.4, 0.5) is 4.79 Å². The summed E-state index contributed by atoms with van der Waals surface area (Å²) < 4.78 is 1.62. The second-order valence-corrected chi connectivity index (χ2v) is 3.41. The predicted octanol–water partition coefficient (Wildman–Crippen LogP) is -0.308. The molecule has 16 heavy (non-hydrogen) atoms. The van der Waals surface area contributed by atoms with Crippen LogP contribution in [0.25, 0.3) is 0 Å². The van der Waals surface area contributed by atoms with Crippen molar-refractivity contribution in [3.05, 3.63) is 18.0 Å². The molecule has 0 saturated heterocycles. The van der Waals surface area contributed by atoms with Crippen molar-refractivity contribution in [2.45, 2.75) is 19.5 Å². The van der Waals surface area contributed by atoms with Crippen LogP contribution in [0.1, 0.15) is 12.5 Å². The third-order valence-electron chi connectivity index (χ3n) is 1.93. The van der Waals surface area contributed by atoms with Gasteiger partial charge < -0.3 is 15.7 Å². The maximum absolute atomic E-state index is 11.2. The number of nitrogens with one attached hydrogen (secondary N) is 2. The van der Waals surface area contributed by atoms with E-state index in [1.165, 1.54) is 6.92 Å². The van der Waals surface area contributed by atoms with Crippen molar-refractivity contribution in [1.29, 1.82) is 0 Å². The van der Waals surface area contributed by atoms with Gasteiger partial charge in [0.1, 0.15) is 6.04 Å². The van der Waals surface area contributed by atoms with Gasteiger partial charge in [-0.05, 0) is 6.92 Å². The summed E-state index contributed by atoms with van der Waals surface area (Å²) >= 11 is 0. The van der Waals surface area contributed by atoms with Crippen LogP contribution in [0.3, 0.4) is 0 Å². The van der Waals surface area contributed by atoms with Gasteiger partial charge in [-0.15, -0.1) is 0 Å². The maximum Gasteiger partial charge on any atom is 0.325 e. The topological polar surface area (TPSA) is 96.3 Å². The molecule has 0 aromatic carbocycles. The average Bonchev–Trinajstić information content (AvgIpc) is 2.61. The molecule has 7 heteroatoms. The minimum absolute atomic E-state index is 0.312. The Bertz CT molecular complexity index is 388. The molecule has 0 aliphatic heterocycles. The number of carboxylic acids is 1. The van der Waals surface area contributed by atoms with Gasteiger partial charge in [-0.1, -0.05) is 0 Å². The van der Waals surface area contributed by atoms with Crippen LogP contribution >= 0.6 is 0 Å². The number of aryl methyl sites for hydroxylation is 1. The Hall–Kier alpha value is -2.05. The molecule has 1 rings (SSSR count). The zero-order chi connectivity index (χ0) is 12.1. The Balaban J connectivity index is 2.33. The van der Waals surface area contributed by atoms with Crippen LogP contribution in [-0.2, 0) is 18.4 Å². The van der Waals surface area contributed by atoms with Crippen molar-refractivity contribution in [2.75, 3.05) is 0 Å². The van der Waals surface area contributed by atoms with Gasteiger partial charge in [-0.25, -0.2) is 4.79 Å². The largest absolute Gasteiger partial charge is 0.480 e. The van der Waals surface area contributed by atoms with Crippen LogP contribution in [-0.4, -0.2) is 32.9 Å². The molecular weight excluding hydrogens is 212 g/mol. The van der Waals surface area contributed by atoms with Gasteiger partial charge in [-0.2, -0.15) is 5.10 Å². The van der Waals surface area contributed by atoms with E-state index in [1.807, 2.05) is 0 Å². The quantitative estimate of drug-likeness (QED) is 0.656. The van der Waals surface area contributed by atoms with Gasteiger partial charge in [-0.3, -0.25) is 9.48 Å². The number of carboxylic acid groups (broad SMARTS) is 1. The van der Waals surface area contributed by atoms with Crippen molar-refractivity contribution in [2.24, 2.45) is 7.05 Å². The van der Waals surface area contributed by atoms with Gasteiger partial charge in [0.25, 0.3) is 0 Å². The Morgan fingerprint density at radius 2 is 2.31 bits per heavy atom. The van der Waals surface area contributed by atoms with Crippen molar-refractivity contribution in [3.63, 3.8) is 0 Å². The zero-order valence-corrected chi connectivity index (χ0v) is 9.10. The first-order valence-electron chi connectivity index (χ1n) is 4.73. The highest BCUT2D eigenvalue weighted by Gasteiger charge is 2.13. The van der Waals surface area contributed by atoms with Crippen molar-refractivity contribution in [3.8, 4) is 0 Å². The normalized spacial score (nSPS) is 11.9. The first-order chi connectivity index (χ1) is 7.49. The molecule has 1 heterocycles. The fraction of sp³-hybridized carbons (Fsp3) is 0.444. The third kappa shape index (κ3) is 3.60. The molecule has 0 unspecified atom stereocenters. The molecule has 88 valence electrons. The lowest BCUT2D eigenvalue weighted by Crippen LogP contribution is -2.44. The standard InChI is InChI=1S/C9H14N4O3/c1-6(8(14)15)12-9(16)10-3-7-4-11-13(2)5-7/h4-6H,3H2,1-2H3,(H,14,15)(H2,10,12,16)/t6-/m0/s1. The monoisotopic (exact) mass is 226 g/mol. The third-order valence-corrected chi connectivity index (χ3v) is 1.93. The Labute approximate surface area is 92.4 Å². The van der Waals surface area contributed by atoms with Gasteiger partial charge >= 0.3 is 12.0 Å². The van der Waals surface area contributed by atoms with E-state index in [0.29, 0.717) is 6.54 Å². The molecule has 0 aliphatic rings. The molecular formula is C9H14N4O3. The smallest absolute Gasteiger partial charge is 0.325 e. The second-order valence-electron chi connectivity index (χ2n) is 3.41. The number of carbonyl (C=O) groups excluding carboxylic acids is 1. The van der Waals surface area contributed by atoms with Crippen LogP contribution < -0.4 is 10.6 Å². The summed E-state index contributed by atoms with van der Waals surface area (Å²) in [6.45, 7) is 1.71. The molecule has 7 nitrogen and oxygen atoms in total. The fourth-order valence-corrected chi connectivity index (χ4v) is 1.05. The number of hydrogen-bond donors (Lipinski definition) is 3. The van der Waals surface area contributed by atoms with E-state index >= 15 is 0 Å². The number of nitrogens with zero attached hydrogens (tertiary/aromatic N) is 2. The molecule has 0 fully saturated rings. The molecule has 1 atom stereocenters. The minimum Gasteiger partial charge on any atom is -0.480 e. The lowest BCUT2D eigenvalue weighted by atomic mass is 10.3. The summed E-state index contributed by atoms with van der Waals surface area (Å²) in [6.07, 6.45) is 3.39. The van der Waals surface area contributed by atoms with Gasteiger partial charge in [0.2, 0.25) is 0 Å². The fourth-order valence-electron chi connectivity index (χ4n) is 1.05. The van der Waals surface area contributed by atoms with E-state index in [-0.39, 0.29) is 0 Å². The van der Waals surface area contributed by atoms with E-state index in [4.69, 9.17) is 5.11 Å². The molecule has 0 radical (unpaired) electrons. The van der Waals surface area contributed by atoms with Crippen molar-refractivity contribution >= 4 is 12.0 Å². The molecule has 0 aliphatic carbocycles. The lowest BCUT2D eigenvalue weighted by Gasteiger charge is -2.09. The number of aliphatic carboxylic acids is 1. The summed E-state index contributed by atoms with van der Waals surface area (Å²) in [6, 6.07) is -1.42. The van der Waals surface area contributed by atoms with E-state index in [9.17, 15) is 9.59 Å². The molecule has 3 N–H and O–H groups in total. The van der Waals surface area contributed by atoms with E-state index in [2.05, 4.69) is 15.7 Å². The number of rotatable bonds is 4. The Morgan fingerprint density at radius 3 is 2.81 bits per heavy atom. The summed E-state index contributed by atoms with van der Waals surface area (Å²) in [7, 11) is 1.77. The highest BCUT2D eigenvalue weighted by molar-refractivity contribution is 5.82. The molecule has 0 saturated carbocycles. The van der Waals surface area contributed by atoms with Crippen LogP contribution in [0.15, 0.2) is 12.4 Å². The highest BCUT2D eigenvalue weighted by Crippen LogP contribution is 1.94. The summed E-state index contributed by atoms with van der Waals surface area (Å²) in [5, 5.41) is 17.3. The maximum atomic E-state index is 11.2. The van der Waals surface area contributed by atoms with Gasteiger partial charge in [0.05, 0.1) is 6.20 Å². The zero-order valence-electron chi connectivity index (χ0n) is 9.10. The first-order valence-corrected chi connectivity index (χ1v) is 4.73. The summed E-state index contributed by atoms with van der Waals surface area (Å²) in [5.74, 6) is -1.07. The number of hydrogen-bond acceptors (Lipinski definition) is 3. The number of amides is 2. The molecule has 0 bridgehead atoms. The van der Waals surface area contributed by atoms with Crippen LogP contribution in [0, 0.1) is 0 Å². The molecule has 1 aromatic heterocycles. The predicted molar refractivity (Wildman–Crippen MR) is 55.7 cm³/mol. The van der Waals surface area contributed by atoms with E-state index in [0.717, 1.165) is 5.56 Å². The molecule has 1 aromatic rings. The number of aromatic nitrogens is 2. The molecule has 0 spiro atoms. The van der Waals surface area contributed by atoms with Crippen molar-refractivity contribution < 1.29 is 14.7 Å². The first kappa shape index (κ1) is 12.0. The van der Waals surface area contributed by atoms with Crippen LogP contribution in [0.2, 0.25) is 0 Å². The SMILES string of the molecule is C[C@H](NC(=O)NCc1cnn(C)c1)C(=O)O. The Kier molecular flexibility index (Phi) is 3.87. The summed E-state index contributed by atoms with van der Waals surface area (Å²) in [4.78, 5) is 21.7. The average molecular weight is 226 g/mol. The lowest BCUT2D eigenvalue weighted by molar-refractivity contribution is -0.138. The van der Waals surface area contributed by atoms with E-state index < -0.39 is 18.0 Å². The highest BCUT2D eigenvalue weighted by atomic mass is 16.4.